The van der Waals surface area contributed by atoms with Crippen LogP contribution in [-0.4, -0.2) is 30.4 Å². The van der Waals surface area contributed by atoms with Gasteiger partial charge in [-0.3, -0.25) is 4.79 Å². The number of amides is 1. The van der Waals surface area contributed by atoms with Gasteiger partial charge in [-0.1, -0.05) is 36.2 Å². The van der Waals surface area contributed by atoms with Gasteiger partial charge in [0, 0.05) is 29.6 Å². The third-order valence-corrected chi connectivity index (χ3v) is 3.98. The molecule has 1 rings (SSSR count). The second-order valence-electron chi connectivity index (χ2n) is 5.01. The average molecular weight is 317 g/mol. The predicted octanol–water partition coefficient (Wildman–Crippen LogP) is 3.90. The topological polar surface area (TPSA) is 32.3 Å². The lowest BCUT2D eigenvalue weighted by Crippen LogP contribution is -2.36. The minimum absolute atomic E-state index is 0.0823. The summed E-state index contributed by atoms with van der Waals surface area (Å²) in [5.74, 6) is 0.0944. The molecule has 0 spiro atoms. The maximum Gasteiger partial charge on any atom is 0.224 e. The second kappa shape index (κ2) is 7.87. The van der Waals surface area contributed by atoms with Crippen LogP contribution in [0.4, 0.5) is 0 Å². The summed E-state index contributed by atoms with van der Waals surface area (Å²) in [6.07, 6.45) is 0.472. The molecular weight excluding hydrogens is 295 g/mol. The Labute approximate surface area is 131 Å². The first-order valence-electron chi connectivity index (χ1n) is 6.80. The van der Waals surface area contributed by atoms with E-state index < -0.39 is 0 Å². The number of rotatable bonds is 6. The molecule has 5 heteroatoms. The summed E-state index contributed by atoms with van der Waals surface area (Å²) in [4.78, 5) is 14.0. The van der Waals surface area contributed by atoms with E-state index in [1.165, 1.54) is 0 Å². The van der Waals surface area contributed by atoms with E-state index in [1.807, 2.05) is 26.8 Å². The predicted molar refractivity (Wildman–Crippen MR) is 85.4 cm³/mol. The first-order valence-corrected chi connectivity index (χ1v) is 7.56. The molecular formula is C15H22Cl2N2O. The van der Waals surface area contributed by atoms with Crippen molar-refractivity contribution in [2.75, 3.05) is 13.6 Å². The number of halogens is 2. The fourth-order valence-corrected chi connectivity index (χ4v) is 2.66. The van der Waals surface area contributed by atoms with Crippen molar-refractivity contribution in [1.82, 2.24) is 10.2 Å². The summed E-state index contributed by atoms with van der Waals surface area (Å²) in [5, 5.41) is 4.42. The molecule has 2 unspecified atom stereocenters. The van der Waals surface area contributed by atoms with Crippen LogP contribution in [0.15, 0.2) is 18.2 Å². The fraction of sp³-hybridized carbons (Fsp3) is 0.533. The van der Waals surface area contributed by atoms with E-state index in [4.69, 9.17) is 23.2 Å². The van der Waals surface area contributed by atoms with Gasteiger partial charge in [0.05, 0.1) is 6.04 Å². The molecule has 0 saturated carbocycles. The van der Waals surface area contributed by atoms with Gasteiger partial charge in [0.15, 0.2) is 0 Å². The Balaban J connectivity index is 2.75. The van der Waals surface area contributed by atoms with E-state index in [0.717, 1.165) is 12.1 Å². The number of carbonyl (C=O) groups excluding carboxylic acids is 1. The van der Waals surface area contributed by atoms with E-state index in [9.17, 15) is 4.79 Å². The number of carbonyl (C=O) groups is 1. The van der Waals surface area contributed by atoms with Crippen LogP contribution in [0.25, 0.3) is 0 Å². The molecule has 0 aliphatic heterocycles. The van der Waals surface area contributed by atoms with Gasteiger partial charge in [0.2, 0.25) is 5.91 Å². The smallest absolute Gasteiger partial charge is 0.224 e. The number of nitrogens with zero attached hydrogens (tertiary/aromatic N) is 1. The highest BCUT2D eigenvalue weighted by Crippen LogP contribution is 2.29. The maximum atomic E-state index is 12.2. The molecule has 1 aromatic carbocycles. The molecule has 0 bridgehead atoms. The van der Waals surface area contributed by atoms with Crippen LogP contribution in [0, 0.1) is 0 Å². The van der Waals surface area contributed by atoms with E-state index in [-0.39, 0.29) is 18.0 Å². The summed E-state index contributed by atoms with van der Waals surface area (Å²) in [6.45, 7) is 6.86. The maximum absolute atomic E-state index is 12.2. The highest BCUT2D eigenvalue weighted by Gasteiger charge is 2.20. The third-order valence-electron chi connectivity index (χ3n) is 3.42. The first-order chi connectivity index (χ1) is 9.36. The van der Waals surface area contributed by atoms with Gasteiger partial charge < -0.3 is 10.2 Å². The summed E-state index contributed by atoms with van der Waals surface area (Å²) in [6, 6.07) is 5.45. The van der Waals surface area contributed by atoms with E-state index in [1.54, 1.807) is 24.1 Å². The summed E-state index contributed by atoms with van der Waals surface area (Å²) >= 11 is 12.1. The van der Waals surface area contributed by atoms with Crippen molar-refractivity contribution in [3.8, 4) is 0 Å². The fourth-order valence-electron chi connectivity index (χ4n) is 2.09. The van der Waals surface area contributed by atoms with Gasteiger partial charge >= 0.3 is 0 Å². The van der Waals surface area contributed by atoms with Gasteiger partial charge in [0.1, 0.15) is 0 Å². The van der Waals surface area contributed by atoms with Gasteiger partial charge in [-0.25, -0.2) is 0 Å². The Bertz CT molecular complexity index is 465. The first kappa shape index (κ1) is 17.3. The zero-order valence-corrected chi connectivity index (χ0v) is 13.9. The van der Waals surface area contributed by atoms with E-state index in [0.29, 0.717) is 16.5 Å². The van der Waals surface area contributed by atoms with Crippen molar-refractivity contribution in [2.45, 2.75) is 39.3 Å². The Kier molecular flexibility index (Phi) is 6.80. The van der Waals surface area contributed by atoms with Crippen LogP contribution >= 0.6 is 23.2 Å². The SMILES string of the molecule is CCNC(C)CC(=O)N(C)C(C)c1ccc(Cl)cc1Cl. The van der Waals surface area contributed by atoms with Crippen molar-refractivity contribution in [3.05, 3.63) is 33.8 Å². The minimum Gasteiger partial charge on any atom is -0.339 e. The van der Waals surface area contributed by atoms with Crippen LogP contribution in [0.5, 0.6) is 0 Å². The molecule has 0 saturated heterocycles. The molecule has 0 radical (unpaired) electrons. The molecule has 1 N–H and O–H groups in total. The van der Waals surface area contributed by atoms with Gasteiger partial charge in [-0.15, -0.1) is 0 Å². The zero-order chi connectivity index (χ0) is 15.3. The molecule has 0 fully saturated rings. The van der Waals surface area contributed by atoms with Crippen molar-refractivity contribution >= 4 is 29.1 Å². The Morgan fingerprint density at radius 2 is 2.00 bits per heavy atom. The lowest BCUT2D eigenvalue weighted by atomic mass is 10.1. The summed E-state index contributed by atoms with van der Waals surface area (Å²) in [7, 11) is 1.80. The largest absolute Gasteiger partial charge is 0.339 e. The number of hydrogen-bond donors (Lipinski definition) is 1. The number of hydrogen-bond acceptors (Lipinski definition) is 2. The van der Waals surface area contributed by atoms with Gasteiger partial charge in [-0.2, -0.15) is 0 Å². The van der Waals surface area contributed by atoms with Crippen LogP contribution in [0.1, 0.15) is 38.8 Å². The molecule has 0 aliphatic carbocycles. The van der Waals surface area contributed by atoms with Crippen molar-refractivity contribution in [3.63, 3.8) is 0 Å². The molecule has 0 heterocycles. The van der Waals surface area contributed by atoms with Crippen molar-refractivity contribution in [1.29, 1.82) is 0 Å². The molecule has 1 amide bonds. The molecule has 1 aromatic rings. The lowest BCUT2D eigenvalue weighted by Gasteiger charge is -2.27. The standard InChI is InChI=1S/C15H22Cl2N2O/c1-5-18-10(2)8-15(20)19(4)11(3)13-7-6-12(16)9-14(13)17/h6-7,9-11,18H,5,8H2,1-4H3. The molecule has 20 heavy (non-hydrogen) atoms. The Morgan fingerprint density at radius 3 is 2.55 bits per heavy atom. The number of benzene rings is 1. The van der Waals surface area contributed by atoms with E-state index in [2.05, 4.69) is 5.32 Å². The van der Waals surface area contributed by atoms with Crippen LogP contribution in [0.2, 0.25) is 10.0 Å². The highest BCUT2D eigenvalue weighted by molar-refractivity contribution is 6.35. The lowest BCUT2D eigenvalue weighted by molar-refractivity contribution is -0.132. The average Bonchev–Trinajstić information content (AvgIpc) is 2.37. The van der Waals surface area contributed by atoms with Crippen molar-refractivity contribution in [2.24, 2.45) is 0 Å². The molecule has 0 aliphatic rings. The van der Waals surface area contributed by atoms with Gasteiger partial charge in [0.25, 0.3) is 0 Å². The molecule has 112 valence electrons. The molecule has 3 nitrogen and oxygen atoms in total. The summed E-state index contributed by atoms with van der Waals surface area (Å²) < 4.78 is 0. The van der Waals surface area contributed by atoms with Gasteiger partial charge in [-0.05, 0) is 38.1 Å². The van der Waals surface area contributed by atoms with Crippen LogP contribution in [-0.2, 0) is 4.79 Å². The second-order valence-corrected chi connectivity index (χ2v) is 5.85. The molecule has 0 aromatic heterocycles. The van der Waals surface area contributed by atoms with Crippen LogP contribution in [0.3, 0.4) is 0 Å². The monoisotopic (exact) mass is 316 g/mol. The Hall–Kier alpha value is -0.770. The van der Waals surface area contributed by atoms with Crippen molar-refractivity contribution < 1.29 is 4.79 Å². The van der Waals surface area contributed by atoms with E-state index >= 15 is 0 Å². The summed E-state index contributed by atoms with van der Waals surface area (Å²) in [5.41, 5.74) is 0.906. The third kappa shape index (κ3) is 4.65. The molecule has 2 atom stereocenters. The Morgan fingerprint density at radius 1 is 1.35 bits per heavy atom. The zero-order valence-electron chi connectivity index (χ0n) is 12.4. The minimum atomic E-state index is -0.0823. The number of nitrogens with one attached hydrogen (secondary N) is 1. The normalized spacial score (nSPS) is 13.9. The highest BCUT2D eigenvalue weighted by atomic mass is 35.5. The van der Waals surface area contributed by atoms with Crippen LogP contribution < -0.4 is 5.32 Å². The quantitative estimate of drug-likeness (QED) is 0.863.